The van der Waals surface area contributed by atoms with Gasteiger partial charge in [-0.25, -0.2) is 0 Å². The van der Waals surface area contributed by atoms with Gasteiger partial charge >= 0.3 is 0 Å². The average molecular weight is 336 g/mol. The van der Waals surface area contributed by atoms with Crippen LogP contribution in [0.3, 0.4) is 0 Å². The predicted molar refractivity (Wildman–Crippen MR) is 101 cm³/mol. The molecule has 1 heterocycles. The zero-order valence-electron chi connectivity index (χ0n) is 13.6. The van der Waals surface area contributed by atoms with E-state index in [2.05, 4.69) is 24.3 Å². The molecular formula is C21H20O2S. The number of carbonyl (C=O) groups excluding carboxylic acids is 1. The molecule has 3 rings (SSSR count). The summed E-state index contributed by atoms with van der Waals surface area (Å²) >= 11 is 1.65. The average Bonchev–Trinajstić information content (AvgIpc) is 2.65. The van der Waals surface area contributed by atoms with Crippen molar-refractivity contribution in [1.29, 1.82) is 0 Å². The van der Waals surface area contributed by atoms with Crippen molar-refractivity contribution in [2.75, 3.05) is 13.7 Å². The summed E-state index contributed by atoms with van der Waals surface area (Å²) in [4.78, 5) is 13.6. The first-order chi connectivity index (χ1) is 11.8. The summed E-state index contributed by atoms with van der Waals surface area (Å²) < 4.78 is 5.06. The number of allylic oxidation sites excluding steroid dienone is 2. The van der Waals surface area contributed by atoms with Gasteiger partial charge in [0.1, 0.15) is 0 Å². The number of thioether (sulfide) groups is 1. The van der Waals surface area contributed by atoms with Crippen LogP contribution in [-0.4, -0.2) is 19.5 Å². The van der Waals surface area contributed by atoms with Gasteiger partial charge in [-0.05, 0) is 23.6 Å². The lowest BCUT2D eigenvalue weighted by Gasteiger charge is -2.24. The van der Waals surface area contributed by atoms with Gasteiger partial charge in [-0.1, -0.05) is 66.7 Å². The van der Waals surface area contributed by atoms with Crippen LogP contribution in [0.2, 0.25) is 0 Å². The summed E-state index contributed by atoms with van der Waals surface area (Å²) in [5, 5.41) is 0.252. The Morgan fingerprint density at radius 1 is 1.08 bits per heavy atom. The number of rotatable bonds is 6. The van der Waals surface area contributed by atoms with Gasteiger partial charge < -0.3 is 4.74 Å². The van der Waals surface area contributed by atoms with E-state index in [-0.39, 0.29) is 11.0 Å². The van der Waals surface area contributed by atoms with Gasteiger partial charge in [0, 0.05) is 17.9 Å². The maximum absolute atomic E-state index is 12.8. The SMILES string of the molecule is COC/C=C\CC1SC(C(=O)c2ccccc2)=Cc2ccccc21. The molecule has 0 fully saturated rings. The summed E-state index contributed by atoms with van der Waals surface area (Å²) in [5.74, 6) is 0.0981. The molecule has 0 saturated carbocycles. The van der Waals surface area contributed by atoms with Crippen molar-refractivity contribution in [3.63, 3.8) is 0 Å². The minimum atomic E-state index is 0.0981. The normalized spacial score (nSPS) is 16.7. The smallest absolute Gasteiger partial charge is 0.199 e. The van der Waals surface area contributed by atoms with E-state index < -0.39 is 0 Å². The number of fused-ring (bicyclic) bond motifs is 1. The van der Waals surface area contributed by atoms with Crippen LogP contribution in [0.1, 0.15) is 33.2 Å². The largest absolute Gasteiger partial charge is 0.381 e. The third kappa shape index (κ3) is 3.86. The molecule has 24 heavy (non-hydrogen) atoms. The zero-order valence-corrected chi connectivity index (χ0v) is 14.5. The quantitative estimate of drug-likeness (QED) is 0.529. The van der Waals surface area contributed by atoms with Crippen LogP contribution in [0.4, 0.5) is 0 Å². The van der Waals surface area contributed by atoms with Gasteiger partial charge in [-0.2, -0.15) is 0 Å². The molecule has 2 aromatic rings. The van der Waals surface area contributed by atoms with Crippen molar-refractivity contribution in [3.8, 4) is 0 Å². The van der Waals surface area contributed by atoms with Crippen LogP contribution in [0.5, 0.6) is 0 Å². The van der Waals surface area contributed by atoms with E-state index >= 15 is 0 Å². The molecule has 0 aromatic heterocycles. The fourth-order valence-electron chi connectivity index (χ4n) is 2.74. The third-order valence-electron chi connectivity index (χ3n) is 3.94. The van der Waals surface area contributed by atoms with Crippen molar-refractivity contribution >= 4 is 23.6 Å². The van der Waals surface area contributed by atoms with E-state index in [1.807, 2.05) is 48.6 Å². The molecule has 0 spiro atoms. The molecule has 1 aliphatic rings. The Kier molecular flexibility index (Phi) is 5.68. The third-order valence-corrected chi connectivity index (χ3v) is 5.23. The first kappa shape index (κ1) is 16.7. The number of benzene rings is 2. The molecule has 0 N–H and O–H groups in total. The maximum Gasteiger partial charge on any atom is 0.199 e. The zero-order chi connectivity index (χ0) is 16.8. The number of methoxy groups -OCH3 is 1. The lowest BCUT2D eigenvalue weighted by molar-refractivity contribution is 0.104. The van der Waals surface area contributed by atoms with Crippen LogP contribution in [0.25, 0.3) is 6.08 Å². The van der Waals surface area contributed by atoms with E-state index in [0.29, 0.717) is 6.61 Å². The summed E-state index contributed by atoms with van der Waals surface area (Å²) in [6.07, 6.45) is 7.06. The molecule has 1 atom stereocenters. The van der Waals surface area contributed by atoms with Crippen LogP contribution in [-0.2, 0) is 4.74 Å². The highest BCUT2D eigenvalue weighted by Gasteiger charge is 2.25. The van der Waals surface area contributed by atoms with E-state index in [1.54, 1.807) is 18.9 Å². The number of hydrogen-bond acceptors (Lipinski definition) is 3. The molecule has 0 bridgehead atoms. The van der Waals surface area contributed by atoms with Gasteiger partial charge in [0.15, 0.2) is 5.78 Å². The standard InChI is InChI=1S/C21H20O2S/c1-23-14-8-7-13-19-18-12-6-5-11-17(18)15-20(24-19)21(22)16-9-3-2-4-10-16/h2-12,15,19H,13-14H2,1H3/b8-7-. The predicted octanol–water partition coefficient (Wildman–Crippen LogP) is 5.29. The Morgan fingerprint density at radius 3 is 2.62 bits per heavy atom. The summed E-state index contributed by atoms with van der Waals surface area (Å²) in [5.41, 5.74) is 3.17. The molecule has 122 valence electrons. The summed E-state index contributed by atoms with van der Waals surface area (Å²) in [6.45, 7) is 0.616. The van der Waals surface area contributed by atoms with Crippen molar-refractivity contribution in [1.82, 2.24) is 0 Å². The van der Waals surface area contributed by atoms with Crippen molar-refractivity contribution in [2.24, 2.45) is 0 Å². The lowest BCUT2D eigenvalue weighted by Crippen LogP contribution is -2.08. The van der Waals surface area contributed by atoms with Gasteiger partial charge in [0.25, 0.3) is 0 Å². The first-order valence-corrected chi connectivity index (χ1v) is 8.88. The highest BCUT2D eigenvalue weighted by atomic mass is 32.2. The Balaban J connectivity index is 1.87. The van der Waals surface area contributed by atoms with Crippen LogP contribution in [0, 0.1) is 0 Å². The first-order valence-electron chi connectivity index (χ1n) is 8.00. The minimum absolute atomic E-state index is 0.0981. The highest BCUT2D eigenvalue weighted by Crippen LogP contribution is 2.45. The molecule has 0 aliphatic carbocycles. The molecule has 2 aromatic carbocycles. The van der Waals surface area contributed by atoms with Gasteiger partial charge in [-0.3, -0.25) is 4.79 Å². The second kappa shape index (κ2) is 8.13. The molecule has 1 unspecified atom stereocenters. The molecule has 1 aliphatic heterocycles. The van der Waals surface area contributed by atoms with Crippen molar-refractivity contribution in [2.45, 2.75) is 11.7 Å². The van der Waals surface area contributed by atoms with Gasteiger partial charge in [0.05, 0.1) is 11.5 Å². The number of ketones is 1. The van der Waals surface area contributed by atoms with Gasteiger partial charge in [-0.15, -0.1) is 11.8 Å². The molecule has 0 saturated heterocycles. The Hall–Kier alpha value is -2.10. The summed E-state index contributed by atoms with van der Waals surface area (Å²) in [7, 11) is 1.69. The van der Waals surface area contributed by atoms with Crippen molar-refractivity contribution in [3.05, 3.63) is 88.3 Å². The van der Waals surface area contributed by atoms with Crippen molar-refractivity contribution < 1.29 is 9.53 Å². The second-order valence-corrected chi connectivity index (χ2v) is 6.85. The van der Waals surface area contributed by atoms with E-state index in [9.17, 15) is 4.79 Å². The number of carbonyl (C=O) groups is 1. The second-order valence-electron chi connectivity index (χ2n) is 5.60. The maximum atomic E-state index is 12.8. The molecule has 0 amide bonds. The van der Waals surface area contributed by atoms with Crippen LogP contribution < -0.4 is 0 Å². The van der Waals surface area contributed by atoms with Crippen LogP contribution >= 0.6 is 11.8 Å². The number of Topliss-reactive ketones (excluding diaryl/α,β-unsaturated/α-hetero) is 1. The molecule has 3 heteroatoms. The summed E-state index contributed by atoms with van der Waals surface area (Å²) in [6, 6.07) is 17.8. The highest BCUT2D eigenvalue weighted by molar-refractivity contribution is 8.04. The minimum Gasteiger partial charge on any atom is -0.381 e. The van der Waals surface area contributed by atoms with Crippen LogP contribution in [0.15, 0.2) is 71.7 Å². The van der Waals surface area contributed by atoms with Gasteiger partial charge in [0.2, 0.25) is 0 Å². The Bertz CT molecular complexity index is 762. The molecule has 0 radical (unpaired) electrons. The molecular weight excluding hydrogens is 316 g/mol. The number of hydrogen-bond donors (Lipinski definition) is 0. The fraction of sp³-hybridized carbons (Fsp3) is 0.190. The lowest BCUT2D eigenvalue weighted by atomic mass is 10.00. The monoisotopic (exact) mass is 336 g/mol. The van der Waals surface area contributed by atoms with E-state index in [1.165, 1.54) is 5.56 Å². The Labute approximate surface area is 147 Å². The topological polar surface area (TPSA) is 26.3 Å². The number of ether oxygens (including phenoxy) is 1. The Morgan fingerprint density at radius 2 is 1.83 bits per heavy atom. The fourth-order valence-corrected chi connectivity index (χ4v) is 4.01. The van der Waals surface area contributed by atoms with E-state index in [4.69, 9.17) is 4.74 Å². The molecule has 2 nitrogen and oxygen atoms in total. The van der Waals surface area contributed by atoms with E-state index in [0.717, 1.165) is 22.5 Å².